The Morgan fingerprint density at radius 1 is 1.14 bits per heavy atom. The molecule has 0 saturated carbocycles. The Morgan fingerprint density at radius 3 is 2.41 bits per heavy atom. The molecule has 0 spiro atoms. The van der Waals surface area contributed by atoms with Crippen molar-refractivity contribution in [3.05, 3.63) is 52.7 Å². The lowest BCUT2D eigenvalue weighted by Gasteiger charge is -2.30. The van der Waals surface area contributed by atoms with Crippen LogP contribution in [0.3, 0.4) is 0 Å². The number of hydrogen-bond acceptors (Lipinski definition) is 4. The monoisotopic (exact) mass is 511 g/mol. The van der Waals surface area contributed by atoms with Gasteiger partial charge in [-0.2, -0.15) is 0 Å². The minimum absolute atomic E-state index is 0. The molecule has 0 radical (unpaired) electrons. The Bertz CT molecular complexity index is 777. The lowest BCUT2D eigenvalue weighted by molar-refractivity contribution is 0.185. The van der Waals surface area contributed by atoms with Crippen molar-refractivity contribution in [3.8, 4) is 0 Å². The standard InChI is InChI=1S/C22H33N5O.HI/c1-16-9-11-27(12-10-16)15-20-8-6-5-7-19(20)13-24-22(23-4)25-14-21-26-17(2)18(3)28-21;/h5-8,16H,9-15H2,1-4H3,(H2,23,24,25);1H. The summed E-state index contributed by atoms with van der Waals surface area (Å²) in [5.74, 6) is 3.15. The van der Waals surface area contributed by atoms with Gasteiger partial charge in [0.05, 0.1) is 12.2 Å². The van der Waals surface area contributed by atoms with Gasteiger partial charge in [0.15, 0.2) is 5.96 Å². The minimum Gasteiger partial charge on any atom is -0.444 e. The van der Waals surface area contributed by atoms with Gasteiger partial charge < -0.3 is 15.1 Å². The first-order chi connectivity index (χ1) is 13.5. The van der Waals surface area contributed by atoms with Gasteiger partial charge in [0, 0.05) is 20.1 Å². The average Bonchev–Trinajstić information content (AvgIpc) is 3.02. The molecule has 29 heavy (non-hydrogen) atoms. The van der Waals surface area contributed by atoms with Gasteiger partial charge in [0.2, 0.25) is 5.89 Å². The number of nitrogens with one attached hydrogen (secondary N) is 2. The summed E-state index contributed by atoms with van der Waals surface area (Å²) in [5.41, 5.74) is 3.63. The van der Waals surface area contributed by atoms with E-state index in [1.807, 2.05) is 13.8 Å². The lowest BCUT2D eigenvalue weighted by Crippen LogP contribution is -2.37. The van der Waals surface area contributed by atoms with Crippen molar-refractivity contribution < 1.29 is 4.42 Å². The maximum Gasteiger partial charge on any atom is 0.214 e. The topological polar surface area (TPSA) is 65.7 Å². The number of guanidine groups is 1. The van der Waals surface area contributed by atoms with Crippen molar-refractivity contribution in [2.75, 3.05) is 20.1 Å². The van der Waals surface area contributed by atoms with Gasteiger partial charge >= 0.3 is 0 Å². The van der Waals surface area contributed by atoms with Crippen LogP contribution in [0.5, 0.6) is 0 Å². The van der Waals surface area contributed by atoms with Crippen molar-refractivity contribution in [2.45, 2.75) is 53.2 Å². The fourth-order valence-electron chi connectivity index (χ4n) is 3.52. The smallest absolute Gasteiger partial charge is 0.214 e. The summed E-state index contributed by atoms with van der Waals surface area (Å²) < 4.78 is 5.62. The number of nitrogens with zero attached hydrogens (tertiary/aromatic N) is 3. The molecule has 160 valence electrons. The summed E-state index contributed by atoms with van der Waals surface area (Å²) >= 11 is 0. The Hall–Kier alpha value is -1.61. The summed E-state index contributed by atoms with van der Waals surface area (Å²) in [5, 5.41) is 6.69. The highest BCUT2D eigenvalue weighted by Gasteiger charge is 2.16. The van der Waals surface area contributed by atoms with Crippen LogP contribution >= 0.6 is 24.0 Å². The second-order valence-electron chi connectivity index (χ2n) is 7.76. The number of benzene rings is 1. The summed E-state index contributed by atoms with van der Waals surface area (Å²) in [4.78, 5) is 11.3. The van der Waals surface area contributed by atoms with Crippen LogP contribution in [0.1, 0.15) is 48.2 Å². The van der Waals surface area contributed by atoms with Gasteiger partial charge in [-0.15, -0.1) is 24.0 Å². The Kier molecular flexibility index (Phi) is 9.42. The molecule has 0 aliphatic carbocycles. The average molecular weight is 511 g/mol. The van der Waals surface area contributed by atoms with Crippen molar-refractivity contribution in [1.29, 1.82) is 0 Å². The van der Waals surface area contributed by atoms with E-state index in [-0.39, 0.29) is 24.0 Å². The zero-order valence-corrected chi connectivity index (χ0v) is 20.3. The maximum absolute atomic E-state index is 5.62. The molecule has 0 unspecified atom stereocenters. The van der Waals surface area contributed by atoms with Crippen LogP contribution < -0.4 is 10.6 Å². The Labute approximate surface area is 191 Å². The maximum atomic E-state index is 5.62. The van der Waals surface area contributed by atoms with Crippen LogP contribution in [0.2, 0.25) is 0 Å². The quantitative estimate of drug-likeness (QED) is 0.349. The fourth-order valence-corrected chi connectivity index (χ4v) is 3.52. The highest BCUT2D eigenvalue weighted by Crippen LogP contribution is 2.19. The van der Waals surface area contributed by atoms with Gasteiger partial charge in [-0.05, 0) is 56.8 Å². The molecule has 2 heterocycles. The van der Waals surface area contributed by atoms with Gasteiger partial charge in [-0.25, -0.2) is 4.98 Å². The van der Waals surface area contributed by atoms with E-state index in [1.165, 1.54) is 37.1 Å². The van der Waals surface area contributed by atoms with E-state index in [4.69, 9.17) is 4.42 Å². The van der Waals surface area contributed by atoms with E-state index in [9.17, 15) is 0 Å². The number of rotatable bonds is 6. The minimum atomic E-state index is 0. The zero-order chi connectivity index (χ0) is 19.9. The SMILES string of the molecule is CN=C(NCc1nc(C)c(C)o1)NCc1ccccc1CN1CCC(C)CC1.I. The molecule has 3 rings (SSSR count). The summed E-state index contributed by atoms with van der Waals surface area (Å²) in [6.07, 6.45) is 2.60. The van der Waals surface area contributed by atoms with Crippen LogP contribution in [0, 0.1) is 19.8 Å². The van der Waals surface area contributed by atoms with Crippen LogP contribution in [-0.4, -0.2) is 36.0 Å². The molecule has 7 heteroatoms. The Balaban J connectivity index is 0.00000300. The molecule has 6 nitrogen and oxygen atoms in total. The molecule has 1 saturated heterocycles. The van der Waals surface area contributed by atoms with Crippen molar-refractivity contribution in [3.63, 3.8) is 0 Å². The molecule has 2 N–H and O–H groups in total. The number of aliphatic imine (C=N–C) groups is 1. The van der Waals surface area contributed by atoms with Crippen molar-refractivity contribution in [2.24, 2.45) is 10.9 Å². The number of aromatic nitrogens is 1. The summed E-state index contributed by atoms with van der Waals surface area (Å²) in [6, 6.07) is 8.67. The van der Waals surface area contributed by atoms with Gasteiger partial charge in [0.25, 0.3) is 0 Å². The number of likely N-dealkylation sites (tertiary alicyclic amines) is 1. The summed E-state index contributed by atoms with van der Waals surface area (Å²) in [7, 11) is 1.78. The number of hydrogen-bond donors (Lipinski definition) is 2. The molecular weight excluding hydrogens is 477 g/mol. The normalized spacial score (nSPS) is 15.8. The highest BCUT2D eigenvalue weighted by atomic mass is 127. The van der Waals surface area contributed by atoms with Crippen molar-refractivity contribution >= 4 is 29.9 Å². The van der Waals surface area contributed by atoms with E-state index in [1.54, 1.807) is 7.05 Å². The van der Waals surface area contributed by atoms with Crippen LogP contribution in [0.25, 0.3) is 0 Å². The van der Waals surface area contributed by atoms with Gasteiger partial charge in [0.1, 0.15) is 5.76 Å². The second-order valence-corrected chi connectivity index (χ2v) is 7.76. The largest absolute Gasteiger partial charge is 0.444 e. The molecule has 0 bridgehead atoms. The molecule has 1 aliphatic rings. The zero-order valence-electron chi connectivity index (χ0n) is 18.0. The Morgan fingerprint density at radius 2 is 1.79 bits per heavy atom. The molecule has 1 aliphatic heterocycles. The van der Waals surface area contributed by atoms with E-state index in [2.05, 4.69) is 56.7 Å². The predicted octanol–water partition coefficient (Wildman–Crippen LogP) is 4.01. The molecule has 1 aromatic heterocycles. The number of aryl methyl sites for hydroxylation is 2. The first-order valence-electron chi connectivity index (χ1n) is 10.2. The number of halogens is 1. The number of oxazole rings is 1. The number of piperidine rings is 1. The molecule has 0 amide bonds. The highest BCUT2D eigenvalue weighted by molar-refractivity contribution is 14.0. The molecule has 1 aromatic carbocycles. The first kappa shape index (κ1) is 23.7. The van der Waals surface area contributed by atoms with E-state index in [0.29, 0.717) is 12.4 Å². The third-order valence-electron chi connectivity index (χ3n) is 5.54. The molecule has 2 aromatic rings. The van der Waals surface area contributed by atoms with Crippen LogP contribution in [0.15, 0.2) is 33.7 Å². The van der Waals surface area contributed by atoms with Gasteiger partial charge in [-0.1, -0.05) is 31.2 Å². The van der Waals surface area contributed by atoms with E-state index >= 15 is 0 Å². The predicted molar refractivity (Wildman–Crippen MR) is 129 cm³/mol. The van der Waals surface area contributed by atoms with Crippen molar-refractivity contribution in [1.82, 2.24) is 20.5 Å². The molecule has 0 atom stereocenters. The van der Waals surface area contributed by atoms with Crippen LogP contribution in [-0.2, 0) is 19.6 Å². The van der Waals surface area contributed by atoms with Gasteiger partial charge in [-0.3, -0.25) is 9.89 Å². The van der Waals surface area contributed by atoms with E-state index in [0.717, 1.165) is 36.4 Å². The molecule has 1 fully saturated rings. The fraction of sp³-hybridized carbons (Fsp3) is 0.545. The second kappa shape index (κ2) is 11.5. The first-order valence-corrected chi connectivity index (χ1v) is 10.2. The third kappa shape index (κ3) is 6.99. The van der Waals surface area contributed by atoms with Crippen LogP contribution in [0.4, 0.5) is 0 Å². The summed E-state index contributed by atoms with van der Waals surface area (Å²) in [6.45, 7) is 10.9. The van der Waals surface area contributed by atoms with E-state index < -0.39 is 0 Å². The lowest BCUT2D eigenvalue weighted by atomic mass is 9.98. The molecular formula is C22H34IN5O. The third-order valence-corrected chi connectivity index (χ3v) is 5.54.